The summed E-state index contributed by atoms with van der Waals surface area (Å²) in [6, 6.07) is 0.379. The molecule has 1 aliphatic heterocycles. The van der Waals surface area contributed by atoms with Gasteiger partial charge in [-0.1, -0.05) is 0 Å². The van der Waals surface area contributed by atoms with E-state index in [1.807, 2.05) is 4.90 Å². The van der Waals surface area contributed by atoms with E-state index in [1.54, 1.807) is 6.92 Å². The highest BCUT2D eigenvalue weighted by atomic mass is 16.4. The molecule has 2 N–H and O–H groups in total. The number of carboxylic acid groups (broad SMARTS) is 1. The molecule has 1 unspecified atom stereocenters. The number of hydrogen-bond acceptors (Lipinski definition) is 3. The number of carbonyl (C=O) groups is 2. The Labute approximate surface area is 108 Å². The number of hydrogen-bond donors (Lipinski definition) is 2. The zero-order chi connectivity index (χ0) is 13.2. The highest BCUT2D eigenvalue weighted by Gasteiger charge is 2.41. The van der Waals surface area contributed by atoms with E-state index in [9.17, 15) is 14.7 Å². The van der Waals surface area contributed by atoms with Gasteiger partial charge in [0.1, 0.15) is 5.54 Å². The molecule has 18 heavy (non-hydrogen) atoms. The Balaban J connectivity index is 1.85. The molecule has 2 fully saturated rings. The first-order valence-corrected chi connectivity index (χ1v) is 6.80. The molecule has 1 saturated heterocycles. The highest BCUT2D eigenvalue weighted by molar-refractivity contribution is 5.79. The zero-order valence-corrected chi connectivity index (χ0v) is 10.9. The van der Waals surface area contributed by atoms with Crippen molar-refractivity contribution in [2.75, 3.05) is 13.1 Å². The van der Waals surface area contributed by atoms with Crippen LogP contribution in [0.3, 0.4) is 0 Å². The number of carbonyl (C=O) groups excluding carboxylic acids is 1. The second-order valence-electron chi connectivity index (χ2n) is 5.61. The second-order valence-corrected chi connectivity index (χ2v) is 5.61. The van der Waals surface area contributed by atoms with Gasteiger partial charge in [0.2, 0.25) is 5.91 Å². The van der Waals surface area contributed by atoms with Crippen LogP contribution in [-0.4, -0.2) is 46.6 Å². The summed E-state index contributed by atoms with van der Waals surface area (Å²) < 4.78 is 0. The number of rotatable bonds is 5. The zero-order valence-electron chi connectivity index (χ0n) is 10.9. The monoisotopic (exact) mass is 254 g/mol. The third kappa shape index (κ3) is 3.02. The molecule has 1 saturated carbocycles. The molecule has 102 valence electrons. The van der Waals surface area contributed by atoms with E-state index in [4.69, 9.17) is 0 Å². The third-order valence-electron chi connectivity index (χ3n) is 4.05. The second kappa shape index (κ2) is 5.26. The van der Waals surface area contributed by atoms with Crippen molar-refractivity contribution in [2.24, 2.45) is 0 Å². The summed E-state index contributed by atoms with van der Waals surface area (Å²) in [6.07, 6.45) is 5.22. The topological polar surface area (TPSA) is 69.6 Å². The Bertz CT molecular complexity index is 341. The first-order valence-electron chi connectivity index (χ1n) is 6.80. The molecule has 0 aromatic rings. The van der Waals surface area contributed by atoms with Gasteiger partial charge >= 0.3 is 5.97 Å². The Hall–Kier alpha value is -1.10. The lowest BCUT2D eigenvalue weighted by Crippen LogP contribution is -2.55. The van der Waals surface area contributed by atoms with Crippen molar-refractivity contribution >= 4 is 11.9 Å². The van der Waals surface area contributed by atoms with Gasteiger partial charge in [0, 0.05) is 19.0 Å². The molecule has 1 amide bonds. The number of amides is 1. The molecule has 0 aromatic carbocycles. The molecule has 2 rings (SSSR count). The van der Waals surface area contributed by atoms with Crippen molar-refractivity contribution in [3.8, 4) is 0 Å². The Morgan fingerprint density at radius 3 is 2.72 bits per heavy atom. The molecule has 1 atom stereocenters. The molecule has 5 heteroatoms. The Morgan fingerprint density at radius 1 is 1.39 bits per heavy atom. The van der Waals surface area contributed by atoms with E-state index in [-0.39, 0.29) is 5.91 Å². The van der Waals surface area contributed by atoms with E-state index < -0.39 is 11.5 Å². The summed E-state index contributed by atoms with van der Waals surface area (Å²) in [5.74, 6) is -0.722. The molecule has 2 aliphatic rings. The van der Waals surface area contributed by atoms with Crippen molar-refractivity contribution in [1.82, 2.24) is 10.2 Å². The van der Waals surface area contributed by atoms with Crippen molar-refractivity contribution < 1.29 is 14.7 Å². The number of nitrogens with one attached hydrogen (secondary N) is 1. The first-order chi connectivity index (χ1) is 8.52. The molecule has 0 bridgehead atoms. The third-order valence-corrected chi connectivity index (χ3v) is 4.05. The molecule has 1 heterocycles. The normalized spacial score (nSPS) is 28.9. The summed E-state index contributed by atoms with van der Waals surface area (Å²) in [6.45, 7) is 3.09. The summed E-state index contributed by atoms with van der Waals surface area (Å²) >= 11 is 0. The lowest BCUT2D eigenvalue weighted by Gasteiger charge is -2.41. The average Bonchev–Trinajstić information content (AvgIpc) is 3.11. The van der Waals surface area contributed by atoms with Gasteiger partial charge in [-0.15, -0.1) is 0 Å². The molecule has 0 spiro atoms. The smallest absolute Gasteiger partial charge is 0.323 e. The number of likely N-dealkylation sites (tertiary alicyclic amines) is 1. The van der Waals surface area contributed by atoms with Crippen LogP contribution < -0.4 is 5.32 Å². The predicted octanol–water partition coefficient (Wildman–Crippen LogP) is 0.984. The number of carboxylic acids is 1. The standard InChI is InChI=1S/C13H22N2O3/c1-13(12(17)18)7-2-3-8-15(13)9-6-11(16)14-10-4-5-10/h10H,2-9H2,1H3,(H,14,16)(H,17,18). The van der Waals surface area contributed by atoms with E-state index in [1.165, 1.54) is 0 Å². The van der Waals surface area contributed by atoms with Crippen LogP contribution in [0, 0.1) is 0 Å². The van der Waals surface area contributed by atoms with Crippen molar-refractivity contribution in [3.05, 3.63) is 0 Å². The molecule has 0 radical (unpaired) electrons. The predicted molar refractivity (Wildman–Crippen MR) is 67.2 cm³/mol. The van der Waals surface area contributed by atoms with Crippen LogP contribution in [0.2, 0.25) is 0 Å². The summed E-state index contributed by atoms with van der Waals surface area (Å²) in [4.78, 5) is 25.0. The van der Waals surface area contributed by atoms with Crippen LogP contribution in [-0.2, 0) is 9.59 Å². The van der Waals surface area contributed by atoms with Gasteiger partial charge in [-0.3, -0.25) is 14.5 Å². The van der Waals surface area contributed by atoms with Crippen LogP contribution in [0.1, 0.15) is 45.4 Å². The van der Waals surface area contributed by atoms with Crippen molar-refractivity contribution in [3.63, 3.8) is 0 Å². The SMILES string of the molecule is CC1(C(=O)O)CCCCN1CCC(=O)NC1CC1. The largest absolute Gasteiger partial charge is 0.480 e. The number of piperidine rings is 1. The van der Waals surface area contributed by atoms with Crippen molar-refractivity contribution in [2.45, 2.75) is 57.0 Å². The quantitative estimate of drug-likeness (QED) is 0.767. The van der Waals surface area contributed by atoms with Gasteiger partial charge in [-0.25, -0.2) is 0 Å². The minimum atomic E-state index is -0.794. The Kier molecular flexibility index (Phi) is 3.90. The van der Waals surface area contributed by atoms with Gasteiger partial charge < -0.3 is 10.4 Å². The highest BCUT2D eigenvalue weighted by Crippen LogP contribution is 2.28. The molecule has 5 nitrogen and oxygen atoms in total. The van der Waals surface area contributed by atoms with Crippen LogP contribution >= 0.6 is 0 Å². The van der Waals surface area contributed by atoms with E-state index in [0.29, 0.717) is 25.4 Å². The molecular weight excluding hydrogens is 232 g/mol. The Morgan fingerprint density at radius 2 is 2.11 bits per heavy atom. The maximum atomic E-state index is 11.6. The fourth-order valence-corrected chi connectivity index (χ4v) is 2.54. The van der Waals surface area contributed by atoms with Gasteiger partial charge in [-0.2, -0.15) is 0 Å². The van der Waals surface area contributed by atoms with Crippen molar-refractivity contribution in [1.29, 1.82) is 0 Å². The summed E-state index contributed by atoms with van der Waals surface area (Å²) in [5.41, 5.74) is -0.794. The van der Waals surface area contributed by atoms with Crippen LogP contribution in [0.5, 0.6) is 0 Å². The lowest BCUT2D eigenvalue weighted by molar-refractivity contribution is -0.153. The van der Waals surface area contributed by atoms with Crippen LogP contribution in [0.4, 0.5) is 0 Å². The summed E-state index contributed by atoms with van der Waals surface area (Å²) in [7, 11) is 0. The van der Waals surface area contributed by atoms with E-state index in [2.05, 4.69) is 5.32 Å². The molecular formula is C13H22N2O3. The fourth-order valence-electron chi connectivity index (χ4n) is 2.54. The molecule has 0 aromatic heterocycles. The summed E-state index contributed by atoms with van der Waals surface area (Å²) in [5, 5.41) is 12.3. The molecule has 1 aliphatic carbocycles. The maximum Gasteiger partial charge on any atom is 0.323 e. The van der Waals surface area contributed by atoms with Crippen LogP contribution in [0.15, 0.2) is 0 Å². The fraction of sp³-hybridized carbons (Fsp3) is 0.846. The average molecular weight is 254 g/mol. The van der Waals surface area contributed by atoms with E-state index in [0.717, 1.165) is 32.2 Å². The van der Waals surface area contributed by atoms with Gasteiger partial charge in [-0.05, 0) is 45.6 Å². The van der Waals surface area contributed by atoms with Crippen LogP contribution in [0.25, 0.3) is 0 Å². The van der Waals surface area contributed by atoms with E-state index >= 15 is 0 Å². The van der Waals surface area contributed by atoms with Gasteiger partial charge in [0.25, 0.3) is 0 Å². The number of aliphatic carboxylic acids is 1. The minimum absolute atomic E-state index is 0.0517. The van der Waals surface area contributed by atoms with Gasteiger partial charge in [0.05, 0.1) is 0 Å². The van der Waals surface area contributed by atoms with Gasteiger partial charge in [0.15, 0.2) is 0 Å². The maximum absolute atomic E-state index is 11.6. The first kappa shape index (κ1) is 13.3. The minimum Gasteiger partial charge on any atom is -0.480 e. The number of nitrogens with zero attached hydrogens (tertiary/aromatic N) is 1. The lowest BCUT2D eigenvalue weighted by atomic mass is 9.88.